The summed E-state index contributed by atoms with van der Waals surface area (Å²) in [4.78, 5) is 0. The summed E-state index contributed by atoms with van der Waals surface area (Å²) in [6.07, 6.45) is 0. The van der Waals surface area contributed by atoms with Crippen molar-refractivity contribution >= 4 is 0 Å². The predicted molar refractivity (Wildman–Crippen MR) is 84.6 cm³/mol. The van der Waals surface area contributed by atoms with Crippen molar-refractivity contribution in [1.29, 1.82) is 0 Å². The van der Waals surface area contributed by atoms with Crippen LogP contribution in [0.3, 0.4) is 0 Å². The predicted octanol–water partition coefficient (Wildman–Crippen LogP) is 4.86. The zero-order chi connectivity index (χ0) is 13.8. The normalized spacial score (nSPS) is 11.2. The molecule has 20 heavy (non-hydrogen) atoms. The first-order chi connectivity index (χ1) is 9.82. The number of benzene rings is 3. The fourth-order valence-corrected chi connectivity index (χ4v) is 2.67. The Morgan fingerprint density at radius 1 is 0.450 bits per heavy atom. The zero-order valence-corrected chi connectivity index (χ0v) is 11.4. The molecule has 0 aliphatic carbocycles. The molecule has 0 heterocycles. The van der Waals surface area contributed by atoms with Crippen LogP contribution in [0.15, 0.2) is 91.0 Å². The zero-order valence-electron chi connectivity index (χ0n) is 11.4. The molecule has 0 aliphatic heterocycles. The fourth-order valence-electron chi connectivity index (χ4n) is 2.67. The second-order valence-electron chi connectivity index (χ2n) is 5.00. The Balaban J connectivity index is 2.24. The number of rotatable bonds is 3. The molecule has 3 rings (SSSR count). The third-order valence-corrected chi connectivity index (χ3v) is 3.80. The van der Waals surface area contributed by atoms with Gasteiger partial charge in [-0.25, -0.2) is 0 Å². The van der Waals surface area contributed by atoms with Gasteiger partial charge in [0.2, 0.25) is 0 Å². The molecule has 0 spiro atoms. The molecular formula is C20H17+. The van der Waals surface area contributed by atoms with Crippen LogP contribution in [0, 0.1) is 6.92 Å². The Morgan fingerprint density at radius 3 is 0.950 bits per heavy atom. The largest absolute Gasteiger partial charge is 0.180 e. The topological polar surface area (TPSA) is 0 Å². The van der Waals surface area contributed by atoms with Crippen molar-refractivity contribution in [2.75, 3.05) is 0 Å². The quantitative estimate of drug-likeness (QED) is 0.464. The molecule has 0 aliphatic rings. The van der Waals surface area contributed by atoms with E-state index < -0.39 is 0 Å². The molecule has 0 saturated carbocycles. The van der Waals surface area contributed by atoms with Crippen molar-refractivity contribution in [2.45, 2.75) is 5.41 Å². The lowest BCUT2D eigenvalue weighted by atomic mass is 9.71. The average molecular weight is 257 g/mol. The van der Waals surface area contributed by atoms with E-state index in [9.17, 15) is 0 Å². The first kappa shape index (κ1) is 12.6. The fraction of sp³-hybridized carbons (Fsp3) is 0.0500. The van der Waals surface area contributed by atoms with E-state index in [0.717, 1.165) is 0 Å². The summed E-state index contributed by atoms with van der Waals surface area (Å²) in [6.45, 7) is 4.58. The van der Waals surface area contributed by atoms with E-state index >= 15 is 0 Å². The van der Waals surface area contributed by atoms with Crippen LogP contribution in [-0.4, -0.2) is 0 Å². The summed E-state index contributed by atoms with van der Waals surface area (Å²) in [6, 6.07) is 31.4. The van der Waals surface area contributed by atoms with Crippen LogP contribution in [0.5, 0.6) is 0 Å². The Morgan fingerprint density at radius 2 is 0.700 bits per heavy atom. The van der Waals surface area contributed by atoms with E-state index in [1.165, 1.54) is 16.7 Å². The highest BCUT2D eigenvalue weighted by atomic mass is 14.3. The van der Waals surface area contributed by atoms with Crippen molar-refractivity contribution in [3.8, 4) is 0 Å². The van der Waals surface area contributed by atoms with E-state index in [-0.39, 0.29) is 5.41 Å². The maximum atomic E-state index is 4.58. The minimum atomic E-state index is -0.371. The molecule has 0 heteroatoms. The highest BCUT2D eigenvalue weighted by Crippen LogP contribution is 2.37. The molecular weight excluding hydrogens is 240 g/mol. The van der Waals surface area contributed by atoms with Crippen LogP contribution in [0.1, 0.15) is 16.7 Å². The van der Waals surface area contributed by atoms with Crippen molar-refractivity contribution in [1.82, 2.24) is 0 Å². The highest BCUT2D eigenvalue weighted by molar-refractivity contribution is 5.51. The van der Waals surface area contributed by atoms with Crippen molar-refractivity contribution in [2.24, 2.45) is 0 Å². The molecule has 0 aromatic heterocycles. The Labute approximate surface area is 120 Å². The maximum absolute atomic E-state index is 4.58. The third-order valence-electron chi connectivity index (χ3n) is 3.80. The Hall–Kier alpha value is -2.47. The summed E-state index contributed by atoms with van der Waals surface area (Å²) in [5, 5.41) is 0. The number of hydrogen-bond acceptors (Lipinski definition) is 0. The lowest BCUT2D eigenvalue weighted by Crippen LogP contribution is -2.25. The summed E-state index contributed by atoms with van der Waals surface area (Å²) in [7, 11) is 0. The van der Waals surface area contributed by atoms with Gasteiger partial charge in [-0.1, -0.05) is 91.0 Å². The van der Waals surface area contributed by atoms with E-state index in [1.807, 2.05) is 18.2 Å². The van der Waals surface area contributed by atoms with Gasteiger partial charge in [-0.3, -0.25) is 0 Å². The van der Waals surface area contributed by atoms with Gasteiger partial charge in [0.05, 0.1) is 6.92 Å². The Bertz CT molecular complexity index is 558. The molecule has 0 unspecified atom stereocenters. The van der Waals surface area contributed by atoms with Gasteiger partial charge in [-0.15, -0.1) is 0 Å². The van der Waals surface area contributed by atoms with Crippen LogP contribution >= 0.6 is 0 Å². The summed E-state index contributed by atoms with van der Waals surface area (Å²) in [5.41, 5.74) is 3.25. The van der Waals surface area contributed by atoms with Gasteiger partial charge in [0.1, 0.15) is 0 Å². The smallest absolute Gasteiger partial charge is 0.0622 e. The first-order valence-electron chi connectivity index (χ1n) is 6.84. The molecule has 0 atom stereocenters. The van der Waals surface area contributed by atoms with Crippen LogP contribution < -0.4 is 0 Å². The van der Waals surface area contributed by atoms with Crippen molar-refractivity contribution in [3.63, 3.8) is 0 Å². The molecule has 3 aromatic carbocycles. The monoisotopic (exact) mass is 257 g/mol. The minimum Gasteiger partial charge on any atom is -0.0622 e. The van der Waals surface area contributed by atoms with Crippen LogP contribution in [0.4, 0.5) is 0 Å². The van der Waals surface area contributed by atoms with Gasteiger partial charge in [0, 0.05) is 16.7 Å². The first-order valence-corrected chi connectivity index (χ1v) is 6.84. The molecule has 0 saturated heterocycles. The minimum absolute atomic E-state index is 0.371. The standard InChI is InChI=1S/C20H17/c1-20(17-11-5-2-6-12-17,18-13-7-3-8-14-18)19-15-9-4-10-16-19/h2-16H,1H2/q+1. The lowest BCUT2D eigenvalue weighted by molar-refractivity contribution is 0.774. The van der Waals surface area contributed by atoms with E-state index in [4.69, 9.17) is 0 Å². The second kappa shape index (κ2) is 5.26. The van der Waals surface area contributed by atoms with Gasteiger partial charge < -0.3 is 0 Å². The van der Waals surface area contributed by atoms with E-state index in [0.29, 0.717) is 0 Å². The highest BCUT2D eigenvalue weighted by Gasteiger charge is 2.38. The number of hydrogen-bond donors (Lipinski definition) is 0. The molecule has 0 bridgehead atoms. The summed E-state index contributed by atoms with van der Waals surface area (Å²) >= 11 is 0. The van der Waals surface area contributed by atoms with E-state index in [1.54, 1.807) is 0 Å². The van der Waals surface area contributed by atoms with Crippen LogP contribution in [0.2, 0.25) is 0 Å². The van der Waals surface area contributed by atoms with E-state index in [2.05, 4.69) is 79.7 Å². The molecule has 0 fully saturated rings. The van der Waals surface area contributed by atoms with Crippen LogP contribution in [-0.2, 0) is 5.41 Å². The lowest BCUT2D eigenvalue weighted by Gasteiger charge is -2.24. The summed E-state index contributed by atoms with van der Waals surface area (Å²) < 4.78 is 0. The van der Waals surface area contributed by atoms with Crippen LogP contribution in [0.25, 0.3) is 0 Å². The molecule has 3 aromatic rings. The van der Waals surface area contributed by atoms with Gasteiger partial charge in [-0.05, 0) is 0 Å². The molecule has 0 amide bonds. The molecule has 0 radical (unpaired) electrons. The Kier molecular flexibility index (Phi) is 3.30. The molecule has 0 N–H and O–H groups in total. The summed E-state index contributed by atoms with van der Waals surface area (Å²) in [5.74, 6) is 0. The average Bonchev–Trinajstić information content (AvgIpc) is 2.56. The molecule has 0 nitrogen and oxygen atoms in total. The van der Waals surface area contributed by atoms with Gasteiger partial charge in [-0.2, -0.15) is 0 Å². The second-order valence-corrected chi connectivity index (χ2v) is 5.00. The SMILES string of the molecule is [CH2+]C(c1ccccc1)(c1ccccc1)c1ccccc1. The van der Waals surface area contributed by atoms with Crippen molar-refractivity contribution in [3.05, 3.63) is 115 Å². The van der Waals surface area contributed by atoms with Gasteiger partial charge >= 0.3 is 0 Å². The maximum Gasteiger partial charge on any atom is 0.180 e. The molecule has 96 valence electrons. The van der Waals surface area contributed by atoms with Gasteiger partial charge in [0.15, 0.2) is 5.41 Å². The van der Waals surface area contributed by atoms with Crippen molar-refractivity contribution < 1.29 is 0 Å². The van der Waals surface area contributed by atoms with Gasteiger partial charge in [0.25, 0.3) is 0 Å². The third kappa shape index (κ3) is 2.10.